The molecule has 6 heteroatoms. The van der Waals surface area contributed by atoms with Gasteiger partial charge in [-0.15, -0.1) is 0 Å². The minimum absolute atomic E-state index is 0.00144. The molecule has 1 aliphatic rings. The third-order valence-corrected chi connectivity index (χ3v) is 5.26. The van der Waals surface area contributed by atoms with Crippen molar-refractivity contribution in [3.63, 3.8) is 0 Å². The summed E-state index contributed by atoms with van der Waals surface area (Å²) < 4.78 is 22.7. The van der Waals surface area contributed by atoms with E-state index >= 15 is 0 Å². The van der Waals surface area contributed by atoms with Gasteiger partial charge in [-0.3, -0.25) is 4.79 Å². The topological polar surface area (TPSA) is 75.3 Å². The van der Waals surface area contributed by atoms with Crippen molar-refractivity contribution in [1.82, 2.24) is 10.6 Å². The Morgan fingerprint density at radius 2 is 2.05 bits per heavy atom. The third-order valence-electron chi connectivity index (χ3n) is 3.55. The smallest absolute Gasteiger partial charge is 0.237 e. The Hall–Kier alpha value is -1.40. The number of carbonyl (C=O) groups is 1. The van der Waals surface area contributed by atoms with Crippen LogP contribution in [-0.2, 0) is 27.6 Å². The van der Waals surface area contributed by atoms with Crippen LogP contribution in [0.1, 0.15) is 18.1 Å². The molecule has 2 rings (SSSR count). The lowest BCUT2D eigenvalue weighted by Crippen LogP contribution is -2.48. The van der Waals surface area contributed by atoms with E-state index in [0.717, 1.165) is 0 Å². The molecule has 0 saturated carbocycles. The Morgan fingerprint density at radius 3 is 2.75 bits per heavy atom. The number of rotatable bonds is 5. The van der Waals surface area contributed by atoms with Crippen LogP contribution in [0, 0.1) is 0 Å². The fourth-order valence-electron chi connectivity index (χ4n) is 2.24. The molecule has 0 bridgehead atoms. The van der Waals surface area contributed by atoms with Gasteiger partial charge < -0.3 is 10.6 Å². The summed E-state index contributed by atoms with van der Waals surface area (Å²) in [5.74, 6) is -0.0259. The van der Waals surface area contributed by atoms with E-state index in [1.54, 1.807) is 6.92 Å². The summed E-state index contributed by atoms with van der Waals surface area (Å²) in [5.41, 5.74) is 2.39. The molecule has 110 valence electrons. The van der Waals surface area contributed by atoms with Gasteiger partial charge in [-0.1, -0.05) is 31.2 Å². The maximum atomic E-state index is 12.0. The SMILES string of the molecule is CCS(=O)(=O)CCNC(=O)[C@@H]1Cc2ccccc2CN1. The minimum Gasteiger partial charge on any atom is -0.354 e. The van der Waals surface area contributed by atoms with Gasteiger partial charge >= 0.3 is 0 Å². The van der Waals surface area contributed by atoms with Crippen molar-refractivity contribution in [2.45, 2.75) is 25.9 Å². The summed E-state index contributed by atoms with van der Waals surface area (Å²) in [6.45, 7) is 2.45. The highest BCUT2D eigenvalue weighted by Gasteiger charge is 2.23. The monoisotopic (exact) mass is 296 g/mol. The van der Waals surface area contributed by atoms with Crippen molar-refractivity contribution in [1.29, 1.82) is 0 Å². The zero-order chi connectivity index (χ0) is 14.6. The second kappa shape index (κ2) is 6.37. The number of nitrogens with one attached hydrogen (secondary N) is 2. The Bertz CT molecular complexity index is 584. The molecule has 5 nitrogen and oxygen atoms in total. The van der Waals surface area contributed by atoms with Crippen LogP contribution in [0.2, 0.25) is 0 Å². The van der Waals surface area contributed by atoms with Gasteiger partial charge in [-0.05, 0) is 17.5 Å². The Balaban J connectivity index is 1.86. The summed E-state index contributed by atoms with van der Waals surface area (Å²) in [6, 6.07) is 7.74. The zero-order valence-corrected chi connectivity index (χ0v) is 12.4. The van der Waals surface area contributed by atoms with Gasteiger partial charge in [0.2, 0.25) is 5.91 Å². The van der Waals surface area contributed by atoms with Crippen molar-refractivity contribution in [2.75, 3.05) is 18.1 Å². The normalized spacial score (nSPS) is 18.4. The molecule has 0 spiro atoms. The van der Waals surface area contributed by atoms with Crippen LogP contribution in [0.25, 0.3) is 0 Å². The highest BCUT2D eigenvalue weighted by atomic mass is 32.2. The maximum Gasteiger partial charge on any atom is 0.237 e. The molecule has 0 unspecified atom stereocenters. The van der Waals surface area contributed by atoms with Gasteiger partial charge in [0, 0.05) is 18.8 Å². The number of benzene rings is 1. The highest BCUT2D eigenvalue weighted by Crippen LogP contribution is 2.16. The van der Waals surface area contributed by atoms with Crippen LogP contribution < -0.4 is 10.6 Å². The summed E-state index contributed by atoms with van der Waals surface area (Å²) in [5, 5.41) is 5.87. The first-order chi connectivity index (χ1) is 9.52. The third kappa shape index (κ3) is 3.80. The van der Waals surface area contributed by atoms with Gasteiger partial charge in [-0.25, -0.2) is 8.42 Å². The predicted molar refractivity (Wildman–Crippen MR) is 78.1 cm³/mol. The second-order valence-corrected chi connectivity index (χ2v) is 7.41. The molecule has 1 aromatic rings. The first-order valence-corrected chi connectivity index (χ1v) is 8.62. The fourth-order valence-corrected chi connectivity index (χ4v) is 2.94. The van der Waals surface area contributed by atoms with E-state index in [0.29, 0.717) is 13.0 Å². The molecular formula is C14H20N2O3S. The lowest BCUT2D eigenvalue weighted by molar-refractivity contribution is -0.123. The van der Waals surface area contributed by atoms with Gasteiger partial charge in [0.1, 0.15) is 0 Å². The largest absolute Gasteiger partial charge is 0.354 e. The first kappa shape index (κ1) is 15.0. The standard InChI is InChI=1S/C14H20N2O3S/c1-2-20(18,19)8-7-15-14(17)13-9-11-5-3-4-6-12(11)10-16-13/h3-6,13,16H,2,7-10H2,1H3,(H,15,17)/t13-/m0/s1. The van der Waals surface area contributed by atoms with Crippen molar-refractivity contribution in [3.8, 4) is 0 Å². The van der Waals surface area contributed by atoms with Crippen molar-refractivity contribution >= 4 is 15.7 Å². The van der Waals surface area contributed by atoms with Crippen LogP contribution >= 0.6 is 0 Å². The average Bonchev–Trinajstić information content (AvgIpc) is 2.46. The van der Waals surface area contributed by atoms with Gasteiger partial charge in [0.15, 0.2) is 9.84 Å². The number of carbonyl (C=O) groups excluding carboxylic acids is 1. The quantitative estimate of drug-likeness (QED) is 0.817. The van der Waals surface area contributed by atoms with Gasteiger partial charge in [0.05, 0.1) is 11.8 Å². The molecule has 1 aromatic carbocycles. The van der Waals surface area contributed by atoms with Gasteiger partial charge in [0.25, 0.3) is 0 Å². The zero-order valence-electron chi connectivity index (χ0n) is 11.6. The molecule has 0 aliphatic carbocycles. The Morgan fingerprint density at radius 1 is 1.35 bits per heavy atom. The van der Waals surface area contributed by atoms with E-state index in [1.165, 1.54) is 11.1 Å². The minimum atomic E-state index is -3.03. The number of hydrogen-bond donors (Lipinski definition) is 2. The predicted octanol–water partition coefficient (Wildman–Crippen LogP) is 0.252. The average molecular weight is 296 g/mol. The first-order valence-electron chi connectivity index (χ1n) is 6.80. The summed E-state index contributed by atoms with van der Waals surface area (Å²) in [6.07, 6.45) is 0.641. The van der Waals surface area contributed by atoms with Crippen LogP contribution in [0.3, 0.4) is 0 Å². The van der Waals surface area contributed by atoms with Crippen LogP contribution in [-0.4, -0.2) is 38.4 Å². The molecule has 0 radical (unpaired) electrons. The van der Waals surface area contributed by atoms with Crippen molar-refractivity contribution in [3.05, 3.63) is 35.4 Å². The second-order valence-electron chi connectivity index (χ2n) is 4.93. The van der Waals surface area contributed by atoms with E-state index in [9.17, 15) is 13.2 Å². The molecular weight excluding hydrogens is 276 g/mol. The summed E-state index contributed by atoms with van der Waals surface area (Å²) in [7, 11) is -3.03. The van der Waals surface area contributed by atoms with Crippen LogP contribution in [0.15, 0.2) is 24.3 Å². The summed E-state index contributed by atoms with van der Waals surface area (Å²) >= 11 is 0. The van der Waals surface area contributed by atoms with Crippen molar-refractivity contribution < 1.29 is 13.2 Å². The lowest BCUT2D eigenvalue weighted by atomic mass is 9.95. The summed E-state index contributed by atoms with van der Waals surface area (Å²) in [4.78, 5) is 12.0. The van der Waals surface area contributed by atoms with Gasteiger partial charge in [-0.2, -0.15) is 0 Å². The molecule has 20 heavy (non-hydrogen) atoms. The van der Waals surface area contributed by atoms with E-state index in [2.05, 4.69) is 10.6 Å². The molecule has 1 aliphatic heterocycles. The van der Waals surface area contributed by atoms with E-state index in [1.807, 2.05) is 24.3 Å². The molecule has 0 fully saturated rings. The van der Waals surface area contributed by atoms with Crippen molar-refractivity contribution in [2.24, 2.45) is 0 Å². The number of hydrogen-bond acceptors (Lipinski definition) is 4. The molecule has 1 atom stereocenters. The molecule has 1 amide bonds. The molecule has 2 N–H and O–H groups in total. The fraction of sp³-hybridized carbons (Fsp3) is 0.500. The van der Waals surface area contributed by atoms with E-state index in [-0.39, 0.29) is 30.0 Å². The maximum absolute atomic E-state index is 12.0. The highest BCUT2D eigenvalue weighted by molar-refractivity contribution is 7.91. The van der Waals surface area contributed by atoms with Crippen LogP contribution in [0.5, 0.6) is 0 Å². The van der Waals surface area contributed by atoms with Crippen LogP contribution in [0.4, 0.5) is 0 Å². The molecule has 0 aromatic heterocycles. The van der Waals surface area contributed by atoms with E-state index in [4.69, 9.17) is 0 Å². The number of amides is 1. The van der Waals surface area contributed by atoms with E-state index < -0.39 is 9.84 Å². The Labute approximate surface area is 119 Å². The Kier molecular flexibility index (Phi) is 4.77. The lowest BCUT2D eigenvalue weighted by Gasteiger charge is -2.25. The number of sulfone groups is 1. The number of fused-ring (bicyclic) bond motifs is 1. The molecule has 1 heterocycles. The molecule has 0 saturated heterocycles.